The van der Waals surface area contributed by atoms with Crippen molar-refractivity contribution in [2.24, 2.45) is 4.99 Å². The van der Waals surface area contributed by atoms with Gasteiger partial charge in [-0.15, -0.1) is 0 Å². The third kappa shape index (κ3) is 6.27. The molecule has 0 bridgehead atoms. The van der Waals surface area contributed by atoms with Crippen LogP contribution in [0.2, 0.25) is 5.02 Å². The van der Waals surface area contributed by atoms with Gasteiger partial charge in [0.25, 0.3) is 5.91 Å². The molecule has 2 N–H and O–H groups in total. The van der Waals surface area contributed by atoms with E-state index in [2.05, 4.69) is 10.3 Å². The normalized spacial score (nSPS) is 15.2. The summed E-state index contributed by atoms with van der Waals surface area (Å²) in [6, 6.07) is 17.6. The average molecular weight is 523 g/mol. The Balaban J connectivity index is 1.55. The lowest BCUT2D eigenvalue weighted by atomic mass is 10.1. The maximum atomic E-state index is 12.5. The van der Waals surface area contributed by atoms with Crippen molar-refractivity contribution in [3.8, 4) is 11.5 Å². The van der Waals surface area contributed by atoms with Gasteiger partial charge < -0.3 is 19.9 Å². The third-order valence-electron chi connectivity index (χ3n) is 5.10. The van der Waals surface area contributed by atoms with E-state index in [1.165, 1.54) is 17.8 Å². The Morgan fingerprint density at radius 1 is 1.14 bits per heavy atom. The van der Waals surface area contributed by atoms with Gasteiger partial charge in [0, 0.05) is 0 Å². The smallest absolute Gasteiger partial charge is 0.335 e. The minimum Gasteiger partial charge on any atom is -0.490 e. The maximum Gasteiger partial charge on any atom is 0.335 e. The van der Waals surface area contributed by atoms with E-state index in [1.54, 1.807) is 36.4 Å². The van der Waals surface area contributed by atoms with Crippen LogP contribution in [-0.2, 0) is 11.4 Å². The molecule has 0 radical (unpaired) electrons. The van der Waals surface area contributed by atoms with Crippen LogP contribution < -0.4 is 14.8 Å². The first-order chi connectivity index (χ1) is 17.3. The van der Waals surface area contributed by atoms with Gasteiger partial charge in [-0.2, -0.15) is 0 Å². The van der Waals surface area contributed by atoms with Crippen molar-refractivity contribution in [1.82, 2.24) is 5.32 Å². The zero-order valence-electron chi connectivity index (χ0n) is 19.6. The van der Waals surface area contributed by atoms with Gasteiger partial charge in [-0.1, -0.05) is 41.4 Å². The number of carboxylic acid groups (broad SMARTS) is 1. The zero-order chi connectivity index (χ0) is 25.7. The molecule has 1 fully saturated rings. The van der Waals surface area contributed by atoms with Crippen LogP contribution in [0.4, 0.5) is 5.69 Å². The summed E-state index contributed by atoms with van der Waals surface area (Å²) in [6.45, 7) is 4.33. The summed E-state index contributed by atoms with van der Waals surface area (Å²) in [5.41, 5.74) is 3.40. The molecular formula is C27H23ClN2O5S. The molecule has 0 aromatic heterocycles. The number of hydrogen-bond donors (Lipinski definition) is 2. The molecule has 0 atom stereocenters. The minimum absolute atomic E-state index is 0.110. The van der Waals surface area contributed by atoms with E-state index in [0.29, 0.717) is 44.3 Å². The predicted octanol–water partition coefficient (Wildman–Crippen LogP) is 6.22. The number of aryl methyl sites for hydroxylation is 1. The van der Waals surface area contributed by atoms with Crippen LogP contribution in [-0.4, -0.2) is 28.8 Å². The molecule has 3 aromatic carbocycles. The number of hydrogen-bond acceptors (Lipinski definition) is 6. The fraction of sp³-hybridized carbons (Fsp3) is 0.148. The highest BCUT2D eigenvalue weighted by Gasteiger charge is 2.24. The molecule has 0 spiro atoms. The molecule has 1 amide bonds. The molecule has 0 saturated carbocycles. The molecule has 1 aliphatic heterocycles. The number of carbonyl (C=O) groups is 2. The molecule has 0 aliphatic carbocycles. The zero-order valence-corrected chi connectivity index (χ0v) is 21.2. The molecule has 9 heteroatoms. The quantitative estimate of drug-likeness (QED) is 0.341. The first-order valence-corrected chi connectivity index (χ1v) is 12.3. The summed E-state index contributed by atoms with van der Waals surface area (Å²) in [4.78, 5) is 28.7. The summed E-state index contributed by atoms with van der Waals surface area (Å²) in [6.07, 6.45) is 1.71. The molecule has 36 heavy (non-hydrogen) atoms. The Kier molecular flexibility index (Phi) is 7.97. The molecular weight excluding hydrogens is 500 g/mol. The first kappa shape index (κ1) is 25.3. The lowest BCUT2D eigenvalue weighted by Crippen LogP contribution is -2.19. The van der Waals surface area contributed by atoms with Crippen LogP contribution in [0.1, 0.15) is 34.0 Å². The second-order valence-corrected chi connectivity index (χ2v) is 9.31. The molecule has 184 valence electrons. The summed E-state index contributed by atoms with van der Waals surface area (Å²) >= 11 is 7.77. The Hall–Kier alpha value is -3.75. The first-order valence-electron chi connectivity index (χ1n) is 11.1. The Bertz CT molecular complexity index is 1370. The number of thioether (sulfide) groups is 1. The number of ether oxygens (including phenoxy) is 2. The van der Waals surface area contributed by atoms with Gasteiger partial charge >= 0.3 is 5.97 Å². The van der Waals surface area contributed by atoms with Crippen molar-refractivity contribution < 1.29 is 24.2 Å². The van der Waals surface area contributed by atoms with Crippen molar-refractivity contribution in [3.05, 3.63) is 92.8 Å². The SMILES string of the molecule is CCOc1cc(/C=C2/SC(=Nc3ccc(C)cc3)NC2=O)cc(Cl)c1OCc1cccc(C(=O)O)c1. The van der Waals surface area contributed by atoms with Gasteiger partial charge in [0.15, 0.2) is 16.7 Å². The Labute approximate surface area is 217 Å². The number of amidine groups is 1. The van der Waals surface area contributed by atoms with E-state index in [-0.39, 0.29) is 18.1 Å². The van der Waals surface area contributed by atoms with Crippen LogP contribution in [0.3, 0.4) is 0 Å². The number of nitrogens with zero attached hydrogens (tertiary/aromatic N) is 1. The monoisotopic (exact) mass is 522 g/mol. The minimum atomic E-state index is -1.01. The summed E-state index contributed by atoms with van der Waals surface area (Å²) in [5, 5.41) is 12.8. The topological polar surface area (TPSA) is 97.2 Å². The van der Waals surface area contributed by atoms with E-state index in [1.807, 2.05) is 38.1 Å². The lowest BCUT2D eigenvalue weighted by molar-refractivity contribution is -0.115. The lowest BCUT2D eigenvalue weighted by Gasteiger charge is -2.15. The number of aliphatic imine (C=N–C) groups is 1. The fourth-order valence-electron chi connectivity index (χ4n) is 3.39. The van der Waals surface area contributed by atoms with Crippen LogP contribution in [0.25, 0.3) is 6.08 Å². The number of rotatable bonds is 8. The molecule has 3 aromatic rings. The second kappa shape index (κ2) is 11.3. The molecule has 0 unspecified atom stereocenters. The number of halogens is 1. The van der Waals surface area contributed by atoms with Crippen molar-refractivity contribution in [1.29, 1.82) is 0 Å². The van der Waals surface area contributed by atoms with E-state index in [9.17, 15) is 14.7 Å². The highest BCUT2D eigenvalue weighted by molar-refractivity contribution is 8.18. The largest absolute Gasteiger partial charge is 0.490 e. The van der Waals surface area contributed by atoms with Crippen molar-refractivity contribution in [3.63, 3.8) is 0 Å². The molecule has 1 heterocycles. The highest BCUT2D eigenvalue weighted by atomic mass is 35.5. The number of carbonyl (C=O) groups excluding carboxylic acids is 1. The van der Waals surface area contributed by atoms with Gasteiger partial charge in [0.2, 0.25) is 0 Å². The third-order valence-corrected chi connectivity index (χ3v) is 6.29. The Morgan fingerprint density at radius 2 is 1.92 bits per heavy atom. The number of benzene rings is 3. The molecule has 1 aliphatic rings. The van der Waals surface area contributed by atoms with E-state index >= 15 is 0 Å². The second-order valence-electron chi connectivity index (χ2n) is 7.87. The van der Waals surface area contributed by atoms with E-state index < -0.39 is 5.97 Å². The van der Waals surface area contributed by atoms with Gasteiger partial charge in [-0.05, 0) is 79.2 Å². The van der Waals surface area contributed by atoms with E-state index in [0.717, 1.165) is 11.3 Å². The molecule has 7 nitrogen and oxygen atoms in total. The summed E-state index contributed by atoms with van der Waals surface area (Å²) in [7, 11) is 0. The van der Waals surface area contributed by atoms with Crippen LogP contribution in [0.15, 0.2) is 70.6 Å². The number of carboxylic acids is 1. The predicted molar refractivity (Wildman–Crippen MR) is 142 cm³/mol. The molecule has 4 rings (SSSR count). The number of nitrogens with one attached hydrogen (secondary N) is 1. The van der Waals surface area contributed by atoms with Gasteiger partial charge in [0.05, 0.1) is 27.8 Å². The number of aromatic carboxylic acids is 1. The van der Waals surface area contributed by atoms with Crippen molar-refractivity contribution >= 4 is 52.2 Å². The van der Waals surface area contributed by atoms with Gasteiger partial charge in [-0.25, -0.2) is 9.79 Å². The summed E-state index contributed by atoms with van der Waals surface area (Å²) < 4.78 is 11.7. The van der Waals surface area contributed by atoms with Gasteiger partial charge in [0.1, 0.15) is 6.61 Å². The Morgan fingerprint density at radius 3 is 2.64 bits per heavy atom. The van der Waals surface area contributed by atoms with Crippen LogP contribution >= 0.6 is 23.4 Å². The summed E-state index contributed by atoms with van der Waals surface area (Å²) in [5.74, 6) is -0.503. The van der Waals surface area contributed by atoms with Crippen LogP contribution in [0, 0.1) is 6.92 Å². The molecule has 1 saturated heterocycles. The highest BCUT2D eigenvalue weighted by Crippen LogP contribution is 2.39. The van der Waals surface area contributed by atoms with Crippen molar-refractivity contribution in [2.45, 2.75) is 20.5 Å². The van der Waals surface area contributed by atoms with E-state index in [4.69, 9.17) is 21.1 Å². The van der Waals surface area contributed by atoms with Gasteiger partial charge in [-0.3, -0.25) is 4.79 Å². The number of amides is 1. The fourth-order valence-corrected chi connectivity index (χ4v) is 4.51. The van der Waals surface area contributed by atoms with Crippen molar-refractivity contribution in [2.75, 3.05) is 6.61 Å². The standard InChI is InChI=1S/C27H23ClN2O5S/c1-3-34-22-13-18(12-21(28)24(22)35-15-17-5-4-6-19(11-17)26(32)33)14-23-25(31)30-27(36-23)29-20-9-7-16(2)8-10-20/h4-14H,3,15H2,1-2H3,(H,32,33)(H,29,30,31)/b23-14+. The van der Waals surface area contributed by atoms with Crippen LogP contribution in [0.5, 0.6) is 11.5 Å². The average Bonchev–Trinajstić information content (AvgIpc) is 3.18. The maximum absolute atomic E-state index is 12.5.